The fourth-order valence-corrected chi connectivity index (χ4v) is 2.49. The molecule has 1 heterocycles. The van der Waals surface area contributed by atoms with Gasteiger partial charge in [-0.05, 0) is 44.6 Å². The predicted octanol–water partition coefficient (Wildman–Crippen LogP) is 2.50. The smallest absolute Gasteiger partial charge is 0.253 e. The van der Waals surface area contributed by atoms with Gasteiger partial charge in [-0.3, -0.25) is 4.79 Å². The molecule has 1 amide bonds. The molecule has 1 aromatic rings. The molecule has 1 saturated heterocycles. The summed E-state index contributed by atoms with van der Waals surface area (Å²) in [6.07, 6.45) is 1.06. The summed E-state index contributed by atoms with van der Waals surface area (Å²) in [5, 5.41) is 0. The summed E-state index contributed by atoms with van der Waals surface area (Å²) in [7, 11) is 4.00. The molecule has 1 fully saturated rings. The standard InChI is InChI=1S/C16H22N2O/c1-12(2)13-5-7-14(8-6-13)16(19)18(4)15-9-10-17(3)11-15/h5-8,15H,1,9-11H2,2-4H3. The van der Waals surface area contributed by atoms with Crippen molar-refractivity contribution in [1.29, 1.82) is 0 Å². The van der Waals surface area contributed by atoms with E-state index in [0.717, 1.165) is 36.2 Å². The van der Waals surface area contributed by atoms with E-state index >= 15 is 0 Å². The van der Waals surface area contributed by atoms with Crippen LogP contribution >= 0.6 is 0 Å². The van der Waals surface area contributed by atoms with Crippen molar-refractivity contribution in [1.82, 2.24) is 9.80 Å². The second kappa shape index (κ2) is 5.57. The van der Waals surface area contributed by atoms with Crippen molar-refractivity contribution in [2.24, 2.45) is 0 Å². The van der Waals surface area contributed by atoms with Gasteiger partial charge < -0.3 is 9.80 Å². The van der Waals surface area contributed by atoms with Crippen molar-refractivity contribution in [3.05, 3.63) is 42.0 Å². The Kier molecular flexibility index (Phi) is 4.05. The first kappa shape index (κ1) is 13.8. The Morgan fingerprint density at radius 3 is 2.37 bits per heavy atom. The molecule has 2 rings (SSSR count). The molecule has 3 heteroatoms. The van der Waals surface area contributed by atoms with Gasteiger partial charge in [0.1, 0.15) is 0 Å². The predicted molar refractivity (Wildman–Crippen MR) is 79.1 cm³/mol. The minimum atomic E-state index is 0.105. The third-order valence-corrected chi connectivity index (χ3v) is 3.86. The molecule has 1 aliphatic heterocycles. The van der Waals surface area contributed by atoms with Crippen LogP contribution in [0.4, 0.5) is 0 Å². The summed E-state index contributed by atoms with van der Waals surface area (Å²) in [4.78, 5) is 16.5. The number of carbonyl (C=O) groups excluding carboxylic acids is 1. The van der Waals surface area contributed by atoms with Crippen LogP contribution in [0.1, 0.15) is 29.3 Å². The van der Waals surface area contributed by atoms with Crippen LogP contribution in [0.25, 0.3) is 5.57 Å². The lowest BCUT2D eigenvalue weighted by Gasteiger charge is -2.24. The number of hydrogen-bond acceptors (Lipinski definition) is 2. The van der Waals surface area contributed by atoms with Crippen LogP contribution in [-0.2, 0) is 0 Å². The fraction of sp³-hybridized carbons (Fsp3) is 0.438. The molecule has 1 aromatic carbocycles. The Morgan fingerprint density at radius 1 is 1.32 bits per heavy atom. The zero-order valence-corrected chi connectivity index (χ0v) is 12.0. The van der Waals surface area contributed by atoms with E-state index in [4.69, 9.17) is 0 Å². The molecule has 0 radical (unpaired) electrons. The van der Waals surface area contributed by atoms with E-state index in [0.29, 0.717) is 6.04 Å². The number of hydrogen-bond donors (Lipinski definition) is 0. The molecule has 0 aliphatic carbocycles. The van der Waals surface area contributed by atoms with Gasteiger partial charge in [-0.25, -0.2) is 0 Å². The van der Waals surface area contributed by atoms with Crippen LogP contribution < -0.4 is 0 Å². The van der Waals surface area contributed by atoms with Gasteiger partial charge in [-0.15, -0.1) is 0 Å². The molecule has 1 atom stereocenters. The van der Waals surface area contributed by atoms with Crippen LogP contribution in [0.5, 0.6) is 0 Å². The monoisotopic (exact) mass is 258 g/mol. The van der Waals surface area contributed by atoms with E-state index < -0.39 is 0 Å². The third kappa shape index (κ3) is 3.04. The van der Waals surface area contributed by atoms with Crippen molar-refractivity contribution in [3.63, 3.8) is 0 Å². The van der Waals surface area contributed by atoms with Gasteiger partial charge >= 0.3 is 0 Å². The molecular weight excluding hydrogens is 236 g/mol. The molecule has 0 N–H and O–H groups in total. The van der Waals surface area contributed by atoms with E-state index in [1.807, 2.05) is 43.1 Å². The van der Waals surface area contributed by atoms with Crippen molar-refractivity contribution >= 4 is 11.5 Å². The normalized spacial score (nSPS) is 19.4. The molecule has 19 heavy (non-hydrogen) atoms. The number of rotatable bonds is 3. The van der Waals surface area contributed by atoms with E-state index in [2.05, 4.69) is 18.5 Å². The van der Waals surface area contributed by atoms with Crippen LogP contribution in [-0.4, -0.2) is 48.9 Å². The highest BCUT2D eigenvalue weighted by Gasteiger charge is 2.26. The summed E-state index contributed by atoms with van der Waals surface area (Å²) in [5.74, 6) is 0.105. The first-order chi connectivity index (χ1) is 8.99. The highest BCUT2D eigenvalue weighted by molar-refractivity contribution is 5.94. The minimum absolute atomic E-state index is 0.105. The number of amides is 1. The van der Waals surface area contributed by atoms with E-state index in [1.54, 1.807) is 0 Å². The van der Waals surface area contributed by atoms with Crippen LogP contribution in [0.15, 0.2) is 30.8 Å². The third-order valence-electron chi connectivity index (χ3n) is 3.86. The Hall–Kier alpha value is -1.61. The number of likely N-dealkylation sites (tertiary alicyclic amines) is 1. The quantitative estimate of drug-likeness (QED) is 0.831. The zero-order valence-electron chi connectivity index (χ0n) is 12.0. The van der Waals surface area contributed by atoms with Crippen LogP contribution in [0, 0.1) is 0 Å². The SMILES string of the molecule is C=C(C)c1ccc(C(=O)N(C)C2CCN(C)C2)cc1. The Labute approximate surface area is 115 Å². The van der Waals surface area contributed by atoms with Gasteiger partial charge in [-0.2, -0.15) is 0 Å². The number of carbonyl (C=O) groups is 1. The first-order valence-electron chi connectivity index (χ1n) is 6.70. The number of benzene rings is 1. The number of nitrogens with zero attached hydrogens (tertiary/aromatic N) is 2. The average Bonchev–Trinajstić information content (AvgIpc) is 2.84. The zero-order chi connectivity index (χ0) is 14.0. The van der Waals surface area contributed by atoms with E-state index in [-0.39, 0.29) is 5.91 Å². The molecule has 0 spiro atoms. The molecule has 3 nitrogen and oxygen atoms in total. The van der Waals surface area contributed by atoms with Gasteiger partial charge in [-0.1, -0.05) is 24.3 Å². The van der Waals surface area contributed by atoms with Crippen molar-refractivity contribution in [2.45, 2.75) is 19.4 Å². The Balaban J connectivity index is 2.08. The number of allylic oxidation sites excluding steroid dienone is 1. The van der Waals surface area contributed by atoms with E-state index in [9.17, 15) is 4.79 Å². The van der Waals surface area contributed by atoms with Crippen LogP contribution in [0.3, 0.4) is 0 Å². The summed E-state index contributed by atoms with van der Waals surface area (Å²) in [6, 6.07) is 8.04. The molecular formula is C16H22N2O. The minimum Gasteiger partial charge on any atom is -0.337 e. The molecule has 0 saturated carbocycles. The maximum Gasteiger partial charge on any atom is 0.253 e. The summed E-state index contributed by atoms with van der Waals surface area (Å²) >= 11 is 0. The van der Waals surface area contributed by atoms with Crippen LogP contribution in [0.2, 0.25) is 0 Å². The molecule has 102 valence electrons. The second-order valence-corrected chi connectivity index (χ2v) is 5.48. The Morgan fingerprint density at radius 2 is 1.89 bits per heavy atom. The maximum absolute atomic E-state index is 12.4. The van der Waals surface area contributed by atoms with Gasteiger partial charge in [0.05, 0.1) is 0 Å². The topological polar surface area (TPSA) is 23.6 Å². The lowest BCUT2D eigenvalue weighted by molar-refractivity contribution is 0.0737. The second-order valence-electron chi connectivity index (χ2n) is 5.48. The molecule has 1 aliphatic rings. The Bertz CT molecular complexity index is 478. The summed E-state index contributed by atoms with van der Waals surface area (Å²) < 4.78 is 0. The van der Waals surface area contributed by atoms with Gasteiger partial charge in [0.15, 0.2) is 0 Å². The molecule has 0 bridgehead atoms. The molecule has 0 aromatic heterocycles. The average molecular weight is 258 g/mol. The lowest BCUT2D eigenvalue weighted by Crippen LogP contribution is -2.38. The van der Waals surface area contributed by atoms with E-state index in [1.165, 1.54) is 0 Å². The highest BCUT2D eigenvalue weighted by Crippen LogP contribution is 2.17. The maximum atomic E-state index is 12.4. The summed E-state index contributed by atoms with van der Waals surface area (Å²) in [5.41, 5.74) is 2.85. The largest absolute Gasteiger partial charge is 0.337 e. The highest BCUT2D eigenvalue weighted by atomic mass is 16.2. The van der Waals surface area contributed by atoms with Crippen molar-refractivity contribution in [2.75, 3.05) is 27.2 Å². The number of likely N-dealkylation sites (N-methyl/N-ethyl adjacent to an activating group) is 2. The fourth-order valence-electron chi connectivity index (χ4n) is 2.49. The van der Waals surface area contributed by atoms with Crippen molar-refractivity contribution < 1.29 is 4.79 Å². The molecule has 1 unspecified atom stereocenters. The summed E-state index contributed by atoms with van der Waals surface area (Å²) in [6.45, 7) is 7.91. The van der Waals surface area contributed by atoms with Gasteiger partial charge in [0.2, 0.25) is 0 Å². The first-order valence-corrected chi connectivity index (χ1v) is 6.70. The van der Waals surface area contributed by atoms with Crippen molar-refractivity contribution in [3.8, 4) is 0 Å². The van der Waals surface area contributed by atoms with Gasteiger partial charge in [0, 0.05) is 25.2 Å². The lowest BCUT2D eigenvalue weighted by atomic mass is 10.1. The van der Waals surface area contributed by atoms with Gasteiger partial charge in [0.25, 0.3) is 5.91 Å².